The number of nitrogens with zero attached hydrogens (tertiary/aromatic N) is 2. The quantitative estimate of drug-likeness (QED) is 0.644. The first-order chi connectivity index (χ1) is 11.1. The number of benzene rings is 1. The van der Waals surface area contributed by atoms with Gasteiger partial charge in [0, 0.05) is 11.3 Å². The van der Waals surface area contributed by atoms with E-state index in [0.717, 1.165) is 35.5 Å². The van der Waals surface area contributed by atoms with Gasteiger partial charge in [-0.2, -0.15) is 0 Å². The molecule has 1 aromatic carbocycles. The average Bonchev–Trinajstić information content (AvgIpc) is 3.02. The van der Waals surface area contributed by atoms with Crippen LogP contribution >= 0.6 is 11.8 Å². The molecule has 0 atom stereocenters. The molecule has 1 heterocycles. The second-order valence-corrected chi connectivity index (χ2v) is 6.17. The summed E-state index contributed by atoms with van der Waals surface area (Å²) in [6.45, 7) is 0. The van der Waals surface area contributed by atoms with Crippen LogP contribution in [-0.2, 0) is 17.6 Å². The third-order valence-corrected chi connectivity index (χ3v) is 4.67. The molecule has 2 amide bonds. The minimum Gasteiger partial charge on any atom is -0.366 e. The highest BCUT2D eigenvalue weighted by molar-refractivity contribution is 8.00. The summed E-state index contributed by atoms with van der Waals surface area (Å²) in [6.07, 6.45) is 4.57. The standard InChI is InChI=1S/C16H16N4O2S/c17-15(22)10-4-1-2-6-13(10)20-14(21)8-23-16-11-5-3-7-12(11)18-9-19-16/h1-2,4,6,9H,3,5,7-8H2,(H2,17,22)(H,20,21). The van der Waals surface area contributed by atoms with Crippen molar-refractivity contribution in [1.82, 2.24) is 9.97 Å². The predicted octanol–water partition coefficient (Wildman–Crippen LogP) is 1.80. The van der Waals surface area contributed by atoms with E-state index in [1.54, 1.807) is 30.6 Å². The van der Waals surface area contributed by atoms with Crippen LogP contribution in [0, 0.1) is 0 Å². The average molecular weight is 328 g/mol. The van der Waals surface area contributed by atoms with Gasteiger partial charge in [0.15, 0.2) is 0 Å². The Bertz CT molecular complexity index is 763. The van der Waals surface area contributed by atoms with Gasteiger partial charge in [0.2, 0.25) is 5.91 Å². The topological polar surface area (TPSA) is 98.0 Å². The largest absolute Gasteiger partial charge is 0.366 e. The highest BCUT2D eigenvalue weighted by Gasteiger charge is 2.18. The van der Waals surface area contributed by atoms with Crippen LogP contribution in [0.3, 0.4) is 0 Å². The molecule has 7 heteroatoms. The third-order valence-electron chi connectivity index (χ3n) is 3.64. The number of primary amides is 1. The van der Waals surface area contributed by atoms with E-state index < -0.39 is 5.91 Å². The van der Waals surface area contributed by atoms with Gasteiger partial charge in [-0.25, -0.2) is 9.97 Å². The van der Waals surface area contributed by atoms with E-state index in [9.17, 15) is 9.59 Å². The van der Waals surface area contributed by atoms with Gasteiger partial charge >= 0.3 is 0 Å². The second-order valence-electron chi connectivity index (χ2n) is 5.20. The van der Waals surface area contributed by atoms with E-state index in [1.807, 2.05) is 0 Å². The lowest BCUT2D eigenvalue weighted by Gasteiger charge is -2.09. The fraction of sp³-hybridized carbons (Fsp3) is 0.250. The smallest absolute Gasteiger partial charge is 0.250 e. The van der Waals surface area contributed by atoms with Gasteiger partial charge < -0.3 is 11.1 Å². The van der Waals surface area contributed by atoms with Gasteiger partial charge in [-0.1, -0.05) is 23.9 Å². The van der Waals surface area contributed by atoms with Crippen molar-refractivity contribution in [3.8, 4) is 0 Å². The van der Waals surface area contributed by atoms with Crippen LogP contribution in [-0.4, -0.2) is 27.5 Å². The Morgan fingerprint density at radius 2 is 2.04 bits per heavy atom. The van der Waals surface area contributed by atoms with Crippen LogP contribution in [0.1, 0.15) is 28.0 Å². The van der Waals surface area contributed by atoms with Gasteiger partial charge in [-0.15, -0.1) is 0 Å². The van der Waals surface area contributed by atoms with Crippen LogP contribution in [0.4, 0.5) is 5.69 Å². The first-order valence-corrected chi connectivity index (χ1v) is 8.28. The number of hydrogen-bond donors (Lipinski definition) is 2. The lowest BCUT2D eigenvalue weighted by atomic mass is 10.1. The van der Waals surface area contributed by atoms with E-state index in [0.29, 0.717) is 11.3 Å². The molecule has 0 unspecified atom stereocenters. The maximum Gasteiger partial charge on any atom is 0.250 e. The zero-order chi connectivity index (χ0) is 16.2. The Kier molecular flexibility index (Phi) is 4.57. The van der Waals surface area contributed by atoms with Crippen molar-refractivity contribution in [3.63, 3.8) is 0 Å². The van der Waals surface area contributed by atoms with Gasteiger partial charge in [0.1, 0.15) is 11.4 Å². The SMILES string of the molecule is NC(=O)c1ccccc1NC(=O)CSc1ncnc2c1CCC2. The number of para-hydroxylation sites is 1. The molecule has 0 spiro atoms. The van der Waals surface area contributed by atoms with Crippen molar-refractivity contribution >= 4 is 29.3 Å². The Morgan fingerprint density at radius 3 is 2.87 bits per heavy atom. The summed E-state index contributed by atoms with van der Waals surface area (Å²) in [5.74, 6) is -0.549. The Balaban J connectivity index is 1.65. The molecule has 0 saturated heterocycles. The summed E-state index contributed by atoms with van der Waals surface area (Å²) >= 11 is 1.39. The van der Waals surface area contributed by atoms with E-state index in [2.05, 4.69) is 15.3 Å². The number of anilines is 1. The second kappa shape index (κ2) is 6.78. The molecule has 0 aliphatic heterocycles. The number of aromatic nitrogens is 2. The summed E-state index contributed by atoms with van der Waals surface area (Å²) in [7, 11) is 0. The summed E-state index contributed by atoms with van der Waals surface area (Å²) in [5.41, 5.74) is 8.27. The summed E-state index contributed by atoms with van der Waals surface area (Å²) in [4.78, 5) is 32.0. The van der Waals surface area contributed by atoms with Crippen LogP contribution < -0.4 is 11.1 Å². The zero-order valence-corrected chi connectivity index (χ0v) is 13.2. The molecule has 3 N–H and O–H groups in total. The zero-order valence-electron chi connectivity index (χ0n) is 12.4. The van der Waals surface area contributed by atoms with Crippen molar-refractivity contribution in [2.24, 2.45) is 5.73 Å². The number of fused-ring (bicyclic) bond motifs is 1. The van der Waals surface area contributed by atoms with Crippen molar-refractivity contribution in [2.45, 2.75) is 24.3 Å². The van der Waals surface area contributed by atoms with Crippen molar-refractivity contribution in [3.05, 3.63) is 47.4 Å². The molecule has 0 radical (unpaired) electrons. The van der Waals surface area contributed by atoms with Crippen LogP contribution in [0.2, 0.25) is 0 Å². The number of aryl methyl sites for hydroxylation is 1. The van der Waals surface area contributed by atoms with Crippen molar-refractivity contribution < 1.29 is 9.59 Å². The Morgan fingerprint density at radius 1 is 1.22 bits per heavy atom. The molecule has 1 aromatic heterocycles. The number of amides is 2. The van der Waals surface area contributed by atoms with Crippen LogP contribution in [0.5, 0.6) is 0 Å². The maximum atomic E-state index is 12.1. The molecule has 0 saturated carbocycles. The molecule has 3 rings (SSSR count). The highest BCUT2D eigenvalue weighted by atomic mass is 32.2. The number of hydrogen-bond acceptors (Lipinski definition) is 5. The molecular formula is C16H16N4O2S. The number of carbonyl (C=O) groups excluding carboxylic acids is 2. The summed E-state index contributed by atoms with van der Waals surface area (Å²) < 4.78 is 0. The lowest BCUT2D eigenvalue weighted by Crippen LogP contribution is -2.19. The van der Waals surface area contributed by atoms with Crippen LogP contribution in [0.15, 0.2) is 35.6 Å². The van der Waals surface area contributed by atoms with E-state index in [4.69, 9.17) is 5.73 Å². The van der Waals surface area contributed by atoms with Gasteiger partial charge in [0.05, 0.1) is 17.0 Å². The monoisotopic (exact) mass is 328 g/mol. The minimum atomic E-state index is -0.567. The number of nitrogens with one attached hydrogen (secondary N) is 1. The fourth-order valence-corrected chi connectivity index (χ4v) is 3.44. The summed E-state index contributed by atoms with van der Waals surface area (Å²) in [6, 6.07) is 6.69. The minimum absolute atomic E-state index is 0.200. The highest BCUT2D eigenvalue weighted by Crippen LogP contribution is 2.28. The van der Waals surface area contributed by atoms with Crippen molar-refractivity contribution in [1.29, 1.82) is 0 Å². The molecular weight excluding hydrogens is 312 g/mol. The molecule has 1 aliphatic rings. The van der Waals surface area contributed by atoms with Gasteiger partial charge in [-0.05, 0) is 31.4 Å². The fourth-order valence-electron chi connectivity index (χ4n) is 2.58. The molecule has 118 valence electrons. The molecule has 1 aliphatic carbocycles. The lowest BCUT2D eigenvalue weighted by molar-refractivity contribution is -0.113. The Hall–Kier alpha value is -2.41. The number of rotatable bonds is 5. The Labute approximate surface area is 137 Å². The molecule has 6 nitrogen and oxygen atoms in total. The summed E-state index contributed by atoms with van der Waals surface area (Å²) in [5, 5.41) is 3.59. The maximum absolute atomic E-state index is 12.1. The van der Waals surface area contributed by atoms with E-state index >= 15 is 0 Å². The van der Waals surface area contributed by atoms with Crippen molar-refractivity contribution in [2.75, 3.05) is 11.1 Å². The molecule has 23 heavy (non-hydrogen) atoms. The van der Waals surface area contributed by atoms with E-state index in [1.165, 1.54) is 11.8 Å². The van der Waals surface area contributed by atoms with Crippen LogP contribution in [0.25, 0.3) is 0 Å². The third kappa shape index (κ3) is 3.50. The predicted molar refractivity (Wildman–Crippen MR) is 88.4 cm³/mol. The number of carbonyl (C=O) groups is 2. The first kappa shape index (κ1) is 15.5. The van der Waals surface area contributed by atoms with Gasteiger partial charge in [-0.3, -0.25) is 9.59 Å². The number of thioether (sulfide) groups is 1. The molecule has 0 bridgehead atoms. The van der Waals surface area contributed by atoms with E-state index in [-0.39, 0.29) is 11.7 Å². The molecule has 2 aromatic rings. The molecule has 0 fully saturated rings. The normalized spacial score (nSPS) is 12.7. The first-order valence-electron chi connectivity index (χ1n) is 7.29. The number of nitrogens with two attached hydrogens (primary N) is 1. The van der Waals surface area contributed by atoms with Gasteiger partial charge in [0.25, 0.3) is 5.91 Å².